The number of carbonyl (C=O) groups is 1. The van der Waals surface area contributed by atoms with Crippen molar-refractivity contribution < 1.29 is 13.2 Å². The van der Waals surface area contributed by atoms with Gasteiger partial charge in [0, 0.05) is 6.42 Å². The molecule has 0 unspecified atom stereocenters. The highest BCUT2D eigenvalue weighted by Crippen LogP contribution is 2.34. The quantitative estimate of drug-likeness (QED) is 0.780. The molecule has 0 aromatic heterocycles. The van der Waals surface area contributed by atoms with Crippen LogP contribution in [0.1, 0.15) is 5.56 Å². The van der Waals surface area contributed by atoms with Crippen LogP contribution in [0.3, 0.4) is 0 Å². The Morgan fingerprint density at radius 1 is 1.04 bits per heavy atom. The molecule has 0 aliphatic carbocycles. The number of sulfonamides is 1. The third kappa shape index (κ3) is 3.37. The van der Waals surface area contributed by atoms with E-state index in [4.69, 9.17) is 35.4 Å². The number of hydrogen-bond donors (Lipinski definition) is 1. The second-order valence-corrected chi connectivity index (χ2v) is 8.30. The molecule has 1 N–H and O–H groups in total. The third-order valence-corrected chi connectivity index (χ3v) is 6.90. The van der Waals surface area contributed by atoms with Crippen molar-refractivity contribution in [2.75, 3.05) is 0 Å². The molecule has 1 heterocycles. The molecule has 1 aliphatic rings. The first-order chi connectivity index (χ1) is 11.8. The molecule has 0 saturated carbocycles. The van der Waals surface area contributed by atoms with Crippen LogP contribution < -0.4 is 5.32 Å². The highest BCUT2D eigenvalue weighted by molar-refractivity contribution is 7.91. The zero-order valence-electron chi connectivity index (χ0n) is 12.6. The molecular weight excluding hydrogens is 403 g/mol. The number of halogens is 2. The standard InChI is InChI=1S/C16H12Cl2N2O3S2/c17-11-7-4-8-12(18)14(11)25(22,23)20-13(15(21)19-16(20)24)9-10-5-2-1-3-6-10/h1-8,13H,9H2,(H,19,21,24)/t13-/m0/s1. The Balaban J connectivity index is 2.06. The number of amides is 1. The maximum Gasteiger partial charge on any atom is 0.269 e. The molecule has 130 valence electrons. The maximum absolute atomic E-state index is 13.1. The molecule has 3 rings (SSSR count). The van der Waals surface area contributed by atoms with Crippen molar-refractivity contribution in [1.82, 2.24) is 9.62 Å². The average molecular weight is 415 g/mol. The van der Waals surface area contributed by atoms with Crippen LogP contribution >= 0.6 is 35.4 Å². The first kappa shape index (κ1) is 18.1. The summed E-state index contributed by atoms with van der Waals surface area (Å²) in [7, 11) is -4.21. The van der Waals surface area contributed by atoms with Gasteiger partial charge in [-0.05, 0) is 29.9 Å². The summed E-state index contributed by atoms with van der Waals surface area (Å²) < 4.78 is 27.1. The maximum atomic E-state index is 13.1. The van der Waals surface area contributed by atoms with E-state index in [2.05, 4.69) is 5.32 Å². The van der Waals surface area contributed by atoms with Gasteiger partial charge in [0.2, 0.25) is 0 Å². The molecule has 0 spiro atoms. The lowest BCUT2D eigenvalue weighted by Gasteiger charge is -2.24. The van der Waals surface area contributed by atoms with E-state index >= 15 is 0 Å². The Kier molecular flexibility index (Phi) is 5.02. The van der Waals surface area contributed by atoms with E-state index in [1.807, 2.05) is 30.3 Å². The van der Waals surface area contributed by atoms with Crippen LogP contribution in [0.5, 0.6) is 0 Å². The summed E-state index contributed by atoms with van der Waals surface area (Å²) in [4.78, 5) is 12.0. The van der Waals surface area contributed by atoms with E-state index in [1.165, 1.54) is 18.2 Å². The van der Waals surface area contributed by atoms with Crippen molar-refractivity contribution in [2.45, 2.75) is 17.4 Å². The first-order valence-corrected chi connectivity index (χ1v) is 9.80. The molecule has 1 atom stereocenters. The van der Waals surface area contributed by atoms with Gasteiger partial charge in [0.05, 0.1) is 10.0 Å². The minimum absolute atomic E-state index is 0.0342. The van der Waals surface area contributed by atoms with Crippen molar-refractivity contribution in [1.29, 1.82) is 0 Å². The van der Waals surface area contributed by atoms with Gasteiger partial charge in [0.15, 0.2) is 5.11 Å². The molecule has 9 heteroatoms. The lowest BCUT2D eigenvalue weighted by Crippen LogP contribution is -2.41. The summed E-state index contributed by atoms with van der Waals surface area (Å²) in [6.07, 6.45) is 0.175. The largest absolute Gasteiger partial charge is 0.300 e. The van der Waals surface area contributed by atoms with Gasteiger partial charge in [0.1, 0.15) is 10.9 Å². The summed E-state index contributed by atoms with van der Waals surface area (Å²) >= 11 is 17.2. The highest BCUT2D eigenvalue weighted by atomic mass is 35.5. The number of nitrogens with zero attached hydrogens (tertiary/aromatic N) is 1. The minimum Gasteiger partial charge on any atom is -0.300 e. The summed E-state index contributed by atoms with van der Waals surface area (Å²) in [5, 5.41) is 2.14. The highest BCUT2D eigenvalue weighted by Gasteiger charge is 2.45. The number of carbonyl (C=O) groups excluding carboxylic acids is 1. The van der Waals surface area contributed by atoms with E-state index in [0.29, 0.717) is 0 Å². The smallest absolute Gasteiger partial charge is 0.269 e. The second kappa shape index (κ2) is 6.92. The predicted octanol–water partition coefficient (Wildman–Crippen LogP) is 3.01. The Morgan fingerprint density at radius 3 is 2.24 bits per heavy atom. The van der Waals surface area contributed by atoms with Gasteiger partial charge in [-0.25, -0.2) is 12.7 Å². The SMILES string of the molecule is O=C1NC(=S)N(S(=O)(=O)c2c(Cl)cccc2Cl)[C@H]1Cc1ccccc1. The molecular formula is C16H12Cl2N2O3S2. The zero-order valence-corrected chi connectivity index (χ0v) is 15.8. The molecule has 1 fully saturated rings. The van der Waals surface area contributed by atoms with Crippen LogP contribution in [0.2, 0.25) is 10.0 Å². The Hall–Kier alpha value is -1.67. The predicted molar refractivity (Wildman–Crippen MR) is 100 cm³/mol. The molecule has 25 heavy (non-hydrogen) atoms. The van der Waals surface area contributed by atoms with Gasteiger partial charge in [-0.3, -0.25) is 4.79 Å². The fourth-order valence-corrected chi connectivity index (χ4v) is 5.71. The van der Waals surface area contributed by atoms with Crippen LogP contribution in [-0.2, 0) is 21.2 Å². The monoisotopic (exact) mass is 414 g/mol. The molecule has 2 aromatic carbocycles. The van der Waals surface area contributed by atoms with E-state index in [-0.39, 0.29) is 26.5 Å². The molecule has 1 aliphatic heterocycles. The Labute approximate surface area is 160 Å². The van der Waals surface area contributed by atoms with E-state index in [0.717, 1.165) is 9.87 Å². The van der Waals surface area contributed by atoms with Crippen LogP contribution in [0, 0.1) is 0 Å². The third-order valence-electron chi connectivity index (χ3n) is 3.72. The summed E-state index contributed by atoms with van der Waals surface area (Å²) in [5.41, 5.74) is 0.804. The van der Waals surface area contributed by atoms with Gasteiger partial charge in [0.25, 0.3) is 15.9 Å². The normalized spacial score (nSPS) is 17.7. The summed E-state index contributed by atoms with van der Waals surface area (Å²) in [6, 6.07) is 12.4. The van der Waals surface area contributed by atoms with Crippen molar-refractivity contribution in [3.05, 3.63) is 64.1 Å². The summed E-state index contributed by atoms with van der Waals surface area (Å²) in [5.74, 6) is -0.486. The number of hydrogen-bond acceptors (Lipinski definition) is 4. The lowest BCUT2D eigenvalue weighted by molar-refractivity contribution is -0.120. The zero-order chi connectivity index (χ0) is 18.2. The van der Waals surface area contributed by atoms with Crippen LogP contribution in [0.15, 0.2) is 53.4 Å². The van der Waals surface area contributed by atoms with Crippen molar-refractivity contribution >= 4 is 56.5 Å². The van der Waals surface area contributed by atoms with Gasteiger partial charge in [-0.2, -0.15) is 0 Å². The molecule has 5 nitrogen and oxygen atoms in total. The van der Waals surface area contributed by atoms with Crippen molar-refractivity contribution in [3.8, 4) is 0 Å². The van der Waals surface area contributed by atoms with Gasteiger partial charge >= 0.3 is 0 Å². The van der Waals surface area contributed by atoms with E-state index in [9.17, 15) is 13.2 Å². The fourth-order valence-electron chi connectivity index (χ4n) is 2.61. The first-order valence-electron chi connectivity index (χ1n) is 7.19. The topological polar surface area (TPSA) is 66.5 Å². The van der Waals surface area contributed by atoms with E-state index < -0.39 is 22.0 Å². The minimum atomic E-state index is -4.21. The Morgan fingerprint density at radius 2 is 1.64 bits per heavy atom. The van der Waals surface area contributed by atoms with E-state index in [1.54, 1.807) is 0 Å². The molecule has 1 saturated heterocycles. The number of benzene rings is 2. The summed E-state index contributed by atoms with van der Waals surface area (Å²) in [6.45, 7) is 0. The molecule has 0 radical (unpaired) electrons. The lowest BCUT2D eigenvalue weighted by atomic mass is 10.1. The number of nitrogens with one attached hydrogen (secondary N) is 1. The van der Waals surface area contributed by atoms with Crippen LogP contribution in [0.25, 0.3) is 0 Å². The van der Waals surface area contributed by atoms with Gasteiger partial charge in [-0.15, -0.1) is 0 Å². The van der Waals surface area contributed by atoms with Gasteiger partial charge < -0.3 is 5.32 Å². The second-order valence-electron chi connectivity index (χ2n) is 5.35. The van der Waals surface area contributed by atoms with Crippen LogP contribution in [-0.4, -0.2) is 29.8 Å². The number of rotatable bonds is 4. The molecule has 2 aromatic rings. The average Bonchev–Trinajstić information content (AvgIpc) is 2.82. The Bertz CT molecular complexity index is 929. The van der Waals surface area contributed by atoms with Crippen molar-refractivity contribution in [3.63, 3.8) is 0 Å². The van der Waals surface area contributed by atoms with Gasteiger partial charge in [-0.1, -0.05) is 59.6 Å². The molecule has 1 amide bonds. The van der Waals surface area contributed by atoms with Crippen molar-refractivity contribution in [2.24, 2.45) is 0 Å². The fraction of sp³-hybridized carbons (Fsp3) is 0.125. The number of thiocarbonyl (C=S) groups is 1. The molecule has 0 bridgehead atoms. The van der Waals surface area contributed by atoms with Crippen LogP contribution in [0.4, 0.5) is 0 Å².